The van der Waals surface area contributed by atoms with Gasteiger partial charge in [0.05, 0.1) is 11.4 Å². The summed E-state index contributed by atoms with van der Waals surface area (Å²) in [4.78, 5) is 44.0. The molecule has 38 heavy (non-hydrogen) atoms. The average molecular weight is 530 g/mol. The number of halogens is 1. The van der Waals surface area contributed by atoms with Crippen molar-refractivity contribution in [2.24, 2.45) is 0 Å². The van der Waals surface area contributed by atoms with Crippen LogP contribution in [0.3, 0.4) is 0 Å². The second kappa shape index (κ2) is 11.3. The van der Waals surface area contributed by atoms with Crippen LogP contribution in [0.2, 0.25) is 0 Å². The van der Waals surface area contributed by atoms with Gasteiger partial charge in [0.2, 0.25) is 0 Å². The van der Waals surface area contributed by atoms with Crippen molar-refractivity contribution in [1.29, 1.82) is 0 Å². The minimum atomic E-state index is -0.414. The van der Waals surface area contributed by atoms with E-state index in [1.54, 1.807) is 42.5 Å². The first-order valence-corrected chi connectivity index (χ1v) is 13.4. The molecular formula is C30H28FN3O3S. The molecule has 0 N–H and O–H groups in total. The number of benzene rings is 3. The fourth-order valence-corrected chi connectivity index (χ4v) is 5.60. The topological polar surface area (TPSA) is 60.9 Å². The number of carbonyl (C=O) groups is 3. The van der Waals surface area contributed by atoms with Gasteiger partial charge in [-0.1, -0.05) is 54.6 Å². The van der Waals surface area contributed by atoms with Gasteiger partial charge in [-0.25, -0.2) is 4.39 Å². The lowest BCUT2D eigenvalue weighted by Crippen LogP contribution is -2.49. The van der Waals surface area contributed by atoms with Crippen LogP contribution in [-0.4, -0.2) is 57.9 Å². The molecule has 194 valence electrons. The molecule has 0 bridgehead atoms. The van der Waals surface area contributed by atoms with Gasteiger partial charge in [-0.3, -0.25) is 24.2 Å². The molecule has 2 heterocycles. The first kappa shape index (κ1) is 25.9. The summed E-state index contributed by atoms with van der Waals surface area (Å²) in [6.07, 6.45) is 1.65. The number of nitrogens with zero attached hydrogens (tertiary/aromatic N) is 3. The molecule has 6 nitrogen and oxygen atoms in total. The van der Waals surface area contributed by atoms with E-state index in [2.05, 4.69) is 24.0 Å². The maximum Gasteiger partial charge on any atom is 0.293 e. The maximum atomic E-state index is 13.5. The van der Waals surface area contributed by atoms with Gasteiger partial charge in [0.25, 0.3) is 17.1 Å². The average Bonchev–Trinajstić information content (AvgIpc) is 3.20. The second-order valence-corrected chi connectivity index (χ2v) is 10.4. The van der Waals surface area contributed by atoms with E-state index in [4.69, 9.17) is 0 Å². The molecule has 2 saturated heterocycles. The molecule has 3 aromatic carbocycles. The van der Waals surface area contributed by atoms with Crippen LogP contribution in [-0.2, 0) is 11.3 Å². The van der Waals surface area contributed by atoms with Crippen LogP contribution < -0.4 is 0 Å². The van der Waals surface area contributed by atoms with Crippen molar-refractivity contribution in [3.63, 3.8) is 0 Å². The Balaban J connectivity index is 1.19. The molecule has 0 radical (unpaired) electrons. The predicted octanol–water partition coefficient (Wildman–Crippen LogP) is 5.58. The Morgan fingerprint density at radius 2 is 1.66 bits per heavy atom. The lowest BCUT2D eigenvalue weighted by Gasteiger charge is -2.38. The Morgan fingerprint density at radius 3 is 2.34 bits per heavy atom. The van der Waals surface area contributed by atoms with Crippen molar-refractivity contribution in [2.45, 2.75) is 19.5 Å². The predicted molar refractivity (Wildman–Crippen MR) is 147 cm³/mol. The van der Waals surface area contributed by atoms with Crippen molar-refractivity contribution in [2.75, 3.05) is 26.2 Å². The van der Waals surface area contributed by atoms with Crippen LogP contribution in [0.25, 0.3) is 6.08 Å². The number of amides is 3. The summed E-state index contributed by atoms with van der Waals surface area (Å²) >= 11 is 0.859. The van der Waals surface area contributed by atoms with Crippen molar-refractivity contribution < 1.29 is 18.8 Å². The highest BCUT2D eigenvalue weighted by atomic mass is 32.2. The highest BCUT2D eigenvalue weighted by Crippen LogP contribution is 2.33. The van der Waals surface area contributed by atoms with Crippen LogP contribution in [0.1, 0.15) is 40.0 Å². The molecule has 3 amide bonds. The molecule has 1 unspecified atom stereocenters. The highest BCUT2D eigenvalue weighted by Gasteiger charge is 2.35. The molecule has 8 heteroatoms. The summed E-state index contributed by atoms with van der Waals surface area (Å²) in [7, 11) is 0. The van der Waals surface area contributed by atoms with E-state index in [0.717, 1.165) is 35.3 Å². The lowest BCUT2D eigenvalue weighted by molar-refractivity contribution is -0.123. The van der Waals surface area contributed by atoms with Gasteiger partial charge in [0, 0.05) is 37.8 Å². The zero-order valence-corrected chi connectivity index (χ0v) is 21.9. The van der Waals surface area contributed by atoms with E-state index in [-0.39, 0.29) is 12.5 Å². The number of hydrogen-bond acceptors (Lipinski definition) is 5. The third-order valence-corrected chi connectivity index (χ3v) is 7.90. The van der Waals surface area contributed by atoms with Crippen LogP contribution in [0, 0.1) is 5.82 Å². The summed E-state index contributed by atoms with van der Waals surface area (Å²) in [5.41, 5.74) is 3.13. The van der Waals surface area contributed by atoms with Crippen molar-refractivity contribution >= 4 is 34.9 Å². The van der Waals surface area contributed by atoms with E-state index in [1.807, 2.05) is 23.1 Å². The van der Waals surface area contributed by atoms with Crippen molar-refractivity contribution in [1.82, 2.24) is 14.7 Å². The van der Waals surface area contributed by atoms with Gasteiger partial charge in [-0.15, -0.1) is 0 Å². The lowest BCUT2D eigenvalue weighted by atomic mass is 10.1. The van der Waals surface area contributed by atoms with Gasteiger partial charge in [0.15, 0.2) is 0 Å². The monoisotopic (exact) mass is 529 g/mol. The Hall–Kier alpha value is -3.75. The number of piperazine rings is 1. The van der Waals surface area contributed by atoms with Gasteiger partial charge in [-0.2, -0.15) is 0 Å². The molecule has 2 fully saturated rings. The van der Waals surface area contributed by atoms with Gasteiger partial charge >= 0.3 is 0 Å². The molecule has 5 rings (SSSR count). The van der Waals surface area contributed by atoms with E-state index < -0.39 is 17.0 Å². The van der Waals surface area contributed by atoms with Crippen LogP contribution in [0.4, 0.5) is 9.18 Å². The molecule has 2 aliphatic heterocycles. The molecular weight excluding hydrogens is 501 g/mol. The summed E-state index contributed by atoms with van der Waals surface area (Å²) in [5.74, 6) is -0.839. The zero-order valence-electron chi connectivity index (χ0n) is 21.0. The van der Waals surface area contributed by atoms with Crippen LogP contribution >= 0.6 is 11.8 Å². The molecule has 0 saturated carbocycles. The van der Waals surface area contributed by atoms with E-state index >= 15 is 0 Å². The first-order chi connectivity index (χ1) is 18.4. The summed E-state index contributed by atoms with van der Waals surface area (Å²) in [6, 6.07) is 23.6. The second-order valence-electron chi connectivity index (χ2n) is 9.43. The zero-order chi connectivity index (χ0) is 26.6. The third kappa shape index (κ3) is 5.71. The number of hydrogen-bond donors (Lipinski definition) is 0. The normalized spacial score (nSPS) is 18.3. The molecule has 2 aliphatic rings. The number of imide groups is 1. The Bertz CT molecular complexity index is 1370. The molecule has 0 aromatic heterocycles. The van der Waals surface area contributed by atoms with Crippen LogP contribution in [0.5, 0.6) is 0 Å². The Kier molecular flexibility index (Phi) is 7.72. The molecule has 0 aliphatic carbocycles. The molecule has 3 aromatic rings. The minimum Gasteiger partial charge on any atom is -0.336 e. The molecule has 0 spiro atoms. The standard InChI is InChI=1S/C30H28FN3O3S/c1-21(24-7-3-2-4-8-24)32-14-16-33(17-15-32)28(35)25-12-10-22(11-13-25)19-27-29(36)34(30(37)38-27)20-23-6-5-9-26(31)18-23/h2-13,18-19,21H,14-17,20H2,1H3/b27-19-. The van der Waals surface area contributed by atoms with Gasteiger partial charge in [0.1, 0.15) is 5.82 Å². The number of carbonyl (C=O) groups excluding carboxylic acids is 3. The fourth-order valence-electron chi connectivity index (χ4n) is 4.76. The first-order valence-electron chi connectivity index (χ1n) is 12.6. The number of rotatable bonds is 6. The quantitative estimate of drug-likeness (QED) is 0.390. The number of thioether (sulfide) groups is 1. The smallest absolute Gasteiger partial charge is 0.293 e. The van der Waals surface area contributed by atoms with Gasteiger partial charge in [-0.05, 0) is 65.7 Å². The fraction of sp³-hybridized carbons (Fsp3) is 0.233. The van der Waals surface area contributed by atoms with Crippen molar-refractivity contribution in [3.05, 3.63) is 112 Å². The summed E-state index contributed by atoms with van der Waals surface area (Å²) in [5, 5.41) is -0.391. The third-order valence-electron chi connectivity index (χ3n) is 6.99. The van der Waals surface area contributed by atoms with E-state index in [9.17, 15) is 18.8 Å². The van der Waals surface area contributed by atoms with E-state index in [0.29, 0.717) is 35.2 Å². The van der Waals surface area contributed by atoms with Crippen molar-refractivity contribution in [3.8, 4) is 0 Å². The Labute approximate surface area is 225 Å². The minimum absolute atomic E-state index is 0.0148. The molecule has 1 atom stereocenters. The van der Waals surface area contributed by atoms with Crippen LogP contribution in [0.15, 0.2) is 83.8 Å². The summed E-state index contributed by atoms with van der Waals surface area (Å²) in [6.45, 7) is 5.16. The largest absolute Gasteiger partial charge is 0.336 e. The maximum absolute atomic E-state index is 13.5. The Morgan fingerprint density at radius 1 is 0.947 bits per heavy atom. The van der Waals surface area contributed by atoms with Gasteiger partial charge < -0.3 is 4.90 Å². The SMILES string of the molecule is CC(c1ccccc1)N1CCN(C(=O)c2ccc(/C=C3\SC(=O)N(Cc4cccc(F)c4)C3=O)cc2)CC1. The highest BCUT2D eigenvalue weighted by molar-refractivity contribution is 8.18. The van der Waals surface area contributed by atoms with E-state index in [1.165, 1.54) is 17.7 Å². The summed E-state index contributed by atoms with van der Waals surface area (Å²) < 4.78 is 13.5.